The fourth-order valence-electron chi connectivity index (χ4n) is 2.01. The Morgan fingerprint density at radius 1 is 1.40 bits per heavy atom. The summed E-state index contributed by atoms with van der Waals surface area (Å²) in [4.78, 5) is 13.8. The first-order valence-corrected chi connectivity index (χ1v) is 6.90. The molecule has 20 heavy (non-hydrogen) atoms. The van der Waals surface area contributed by atoms with Crippen molar-refractivity contribution in [2.75, 3.05) is 26.2 Å². The zero-order chi connectivity index (χ0) is 13.8. The molecule has 1 aromatic rings. The molecule has 1 aromatic carbocycles. The van der Waals surface area contributed by atoms with Gasteiger partial charge >= 0.3 is 0 Å². The van der Waals surface area contributed by atoms with Gasteiger partial charge in [0.1, 0.15) is 5.75 Å². The molecule has 112 valence electrons. The van der Waals surface area contributed by atoms with Crippen molar-refractivity contribution in [2.45, 2.75) is 13.0 Å². The molecule has 0 aromatic heterocycles. The predicted octanol–water partition coefficient (Wildman–Crippen LogP) is 2.61. The van der Waals surface area contributed by atoms with Gasteiger partial charge in [-0.2, -0.15) is 0 Å². The van der Waals surface area contributed by atoms with Crippen LogP contribution in [0.1, 0.15) is 6.92 Å². The number of nitrogens with zero attached hydrogens (tertiary/aromatic N) is 1. The van der Waals surface area contributed by atoms with E-state index in [0.717, 1.165) is 6.54 Å². The SMILES string of the molecule is CC1CN(C(=O)COc2cc(Cl)cc(Cl)c2)CCN1.Cl. The molecule has 0 spiro atoms. The number of rotatable bonds is 3. The average molecular weight is 340 g/mol. The van der Waals surface area contributed by atoms with Crippen LogP contribution in [0.15, 0.2) is 18.2 Å². The minimum Gasteiger partial charge on any atom is -0.484 e. The Hall–Kier alpha value is -0.680. The van der Waals surface area contributed by atoms with Gasteiger partial charge in [0.05, 0.1) is 0 Å². The lowest BCUT2D eigenvalue weighted by Gasteiger charge is -2.31. The molecule has 1 heterocycles. The highest BCUT2D eigenvalue weighted by Gasteiger charge is 2.20. The third-order valence-electron chi connectivity index (χ3n) is 2.92. The summed E-state index contributed by atoms with van der Waals surface area (Å²) in [6.07, 6.45) is 0. The lowest BCUT2D eigenvalue weighted by Crippen LogP contribution is -2.52. The molecule has 1 aliphatic rings. The second-order valence-electron chi connectivity index (χ2n) is 4.59. The molecule has 7 heteroatoms. The van der Waals surface area contributed by atoms with E-state index in [9.17, 15) is 4.79 Å². The Morgan fingerprint density at radius 2 is 2.05 bits per heavy atom. The van der Waals surface area contributed by atoms with Crippen LogP contribution in [0.25, 0.3) is 0 Å². The van der Waals surface area contributed by atoms with Gasteiger partial charge in [0.15, 0.2) is 6.61 Å². The minimum atomic E-state index is -0.0237. The van der Waals surface area contributed by atoms with Gasteiger partial charge in [0.2, 0.25) is 0 Å². The number of piperazine rings is 1. The maximum absolute atomic E-state index is 12.0. The topological polar surface area (TPSA) is 41.6 Å². The molecule has 4 nitrogen and oxygen atoms in total. The van der Waals surface area contributed by atoms with Gasteiger partial charge in [-0.05, 0) is 25.1 Å². The third-order valence-corrected chi connectivity index (χ3v) is 3.36. The number of ether oxygens (including phenoxy) is 1. The molecule has 0 aliphatic carbocycles. The maximum Gasteiger partial charge on any atom is 0.260 e. The van der Waals surface area contributed by atoms with E-state index in [-0.39, 0.29) is 24.9 Å². The zero-order valence-corrected chi connectivity index (χ0v) is 13.4. The van der Waals surface area contributed by atoms with Crippen LogP contribution in [0.2, 0.25) is 10.0 Å². The molecule has 0 bridgehead atoms. The second kappa shape index (κ2) is 7.93. The standard InChI is InChI=1S/C13H16Cl2N2O2.ClH/c1-9-7-17(3-2-16-9)13(18)8-19-12-5-10(14)4-11(15)6-12;/h4-6,9,16H,2-3,7-8H2,1H3;1H. The van der Waals surface area contributed by atoms with Gasteiger partial charge in [-0.25, -0.2) is 0 Å². The smallest absolute Gasteiger partial charge is 0.260 e. The van der Waals surface area contributed by atoms with E-state index < -0.39 is 0 Å². The lowest BCUT2D eigenvalue weighted by atomic mass is 10.2. The van der Waals surface area contributed by atoms with Gasteiger partial charge in [-0.15, -0.1) is 12.4 Å². The molecule has 1 atom stereocenters. The number of halogens is 3. The summed E-state index contributed by atoms with van der Waals surface area (Å²) in [5.74, 6) is 0.485. The Balaban J connectivity index is 0.00000200. The van der Waals surface area contributed by atoms with Crippen LogP contribution < -0.4 is 10.1 Å². The van der Waals surface area contributed by atoms with Gasteiger partial charge in [0, 0.05) is 35.7 Å². The quantitative estimate of drug-likeness (QED) is 0.920. The molecule has 1 unspecified atom stereocenters. The molecule has 1 fully saturated rings. The first-order chi connectivity index (χ1) is 9.04. The number of benzene rings is 1. The van der Waals surface area contributed by atoms with Crippen molar-refractivity contribution in [2.24, 2.45) is 0 Å². The largest absolute Gasteiger partial charge is 0.484 e. The summed E-state index contributed by atoms with van der Waals surface area (Å²) < 4.78 is 5.44. The van der Waals surface area contributed by atoms with E-state index in [0.29, 0.717) is 34.9 Å². The fourth-order valence-corrected chi connectivity index (χ4v) is 2.51. The Morgan fingerprint density at radius 3 is 2.65 bits per heavy atom. The Labute approximate surface area is 134 Å². The average Bonchev–Trinajstić information content (AvgIpc) is 2.35. The summed E-state index contributed by atoms with van der Waals surface area (Å²) in [5, 5.41) is 4.27. The number of nitrogens with one attached hydrogen (secondary N) is 1. The first-order valence-electron chi connectivity index (χ1n) is 6.14. The molecule has 0 radical (unpaired) electrons. The van der Waals surface area contributed by atoms with Crippen molar-refractivity contribution in [1.82, 2.24) is 10.2 Å². The van der Waals surface area contributed by atoms with Crippen molar-refractivity contribution in [3.05, 3.63) is 28.2 Å². The monoisotopic (exact) mass is 338 g/mol. The summed E-state index contributed by atoms with van der Waals surface area (Å²) >= 11 is 11.7. The summed E-state index contributed by atoms with van der Waals surface area (Å²) in [7, 11) is 0. The number of carbonyl (C=O) groups excluding carboxylic acids is 1. The zero-order valence-electron chi connectivity index (χ0n) is 11.1. The van der Waals surface area contributed by atoms with Crippen LogP contribution in [0.4, 0.5) is 0 Å². The van der Waals surface area contributed by atoms with Gasteiger partial charge in [-0.1, -0.05) is 23.2 Å². The summed E-state index contributed by atoms with van der Waals surface area (Å²) in [6, 6.07) is 5.22. The molecule has 0 saturated carbocycles. The van der Waals surface area contributed by atoms with Crippen LogP contribution in [0.5, 0.6) is 5.75 Å². The van der Waals surface area contributed by atoms with Crippen LogP contribution >= 0.6 is 35.6 Å². The Bertz CT molecular complexity index is 451. The normalized spacial score (nSPS) is 18.4. The van der Waals surface area contributed by atoms with Gasteiger partial charge in [-0.3, -0.25) is 4.79 Å². The van der Waals surface area contributed by atoms with E-state index in [1.54, 1.807) is 23.1 Å². The molecular weight excluding hydrogens is 323 g/mol. The minimum absolute atomic E-state index is 0. The number of carbonyl (C=O) groups is 1. The highest BCUT2D eigenvalue weighted by molar-refractivity contribution is 6.34. The van der Waals surface area contributed by atoms with Crippen molar-refractivity contribution >= 4 is 41.5 Å². The molecular formula is C13H17Cl3N2O2. The third kappa shape index (κ3) is 5.02. The van der Waals surface area contributed by atoms with Crippen molar-refractivity contribution in [1.29, 1.82) is 0 Å². The lowest BCUT2D eigenvalue weighted by molar-refractivity contribution is -0.134. The molecule has 1 aliphatic heterocycles. The molecule has 2 rings (SSSR count). The highest BCUT2D eigenvalue weighted by atomic mass is 35.5. The van der Waals surface area contributed by atoms with Crippen molar-refractivity contribution in [3.8, 4) is 5.75 Å². The molecule has 1 saturated heterocycles. The van der Waals surface area contributed by atoms with Crippen LogP contribution in [0, 0.1) is 0 Å². The molecule has 1 N–H and O–H groups in total. The van der Waals surface area contributed by atoms with Crippen molar-refractivity contribution < 1.29 is 9.53 Å². The summed E-state index contributed by atoms with van der Waals surface area (Å²) in [5.41, 5.74) is 0. The first kappa shape index (κ1) is 17.4. The maximum atomic E-state index is 12.0. The van der Waals surface area contributed by atoms with Crippen molar-refractivity contribution in [3.63, 3.8) is 0 Å². The van der Waals surface area contributed by atoms with E-state index in [1.807, 2.05) is 0 Å². The van der Waals surface area contributed by atoms with E-state index >= 15 is 0 Å². The van der Waals surface area contributed by atoms with Crippen LogP contribution in [-0.4, -0.2) is 43.1 Å². The predicted molar refractivity (Wildman–Crippen MR) is 83.2 cm³/mol. The van der Waals surface area contributed by atoms with E-state index in [1.165, 1.54) is 0 Å². The molecule has 1 amide bonds. The van der Waals surface area contributed by atoms with Gasteiger partial charge in [0.25, 0.3) is 5.91 Å². The second-order valence-corrected chi connectivity index (χ2v) is 5.46. The Kier molecular flexibility index (Phi) is 6.89. The summed E-state index contributed by atoms with van der Waals surface area (Å²) in [6.45, 7) is 4.29. The van der Waals surface area contributed by atoms with Crippen LogP contribution in [-0.2, 0) is 4.79 Å². The van der Waals surface area contributed by atoms with E-state index in [2.05, 4.69) is 12.2 Å². The van der Waals surface area contributed by atoms with Gasteiger partial charge < -0.3 is 15.0 Å². The number of hydrogen-bond acceptors (Lipinski definition) is 3. The van der Waals surface area contributed by atoms with Crippen LogP contribution in [0.3, 0.4) is 0 Å². The highest BCUT2D eigenvalue weighted by Crippen LogP contribution is 2.24. The fraction of sp³-hybridized carbons (Fsp3) is 0.462. The number of amides is 1. The number of hydrogen-bond donors (Lipinski definition) is 1. The van der Waals surface area contributed by atoms with E-state index in [4.69, 9.17) is 27.9 Å².